The third-order valence-corrected chi connectivity index (χ3v) is 4.74. The number of piperazine rings is 1. The van der Waals surface area contributed by atoms with E-state index in [-0.39, 0.29) is 0 Å². The first-order chi connectivity index (χ1) is 14.9. The lowest BCUT2D eigenvalue weighted by atomic mass is 10.1. The van der Waals surface area contributed by atoms with Gasteiger partial charge in [0, 0.05) is 32.7 Å². The van der Waals surface area contributed by atoms with Crippen molar-refractivity contribution >= 4 is 11.9 Å². The summed E-state index contributed by atoms with van der Waals surface area (Å²) in [5.74, 6) is -2.13. The number of likely N-dealkylation sites (N-methyl/N-ethyl adjacent to an activating group) is 1. The van der Waals surface area contributed by atoms with Crippen LogP contribution in [-0.2, 0) is 20.7 Å². The van der Waals surface area contributed by atoms with Gasteiger partial charge in [-0.1, -0.05) is 19.1 Å². The third kappa shape index (κ3) is 10.8. The molecule has 0 bridgehead atoms. The van der Waals surface area contributed by atoms with Crippen LogP contribution in [0.1, 0.15) is 12.5 Å². The summed E-state index contributed by atoms with van der Waals surface area (Å²) in [6, 6.07) is 5.98. The molecule has 1 saturated heterocycles. The van der Waals surface area contributed by atoms with E-state index < -0.39 is 11.9 Å². The predicted octanol–water partition coefficient (Wildman–Crippen LogP) is 1.61. The molecule has 1 aliphatic heterocycles. The summed E-state index contributed by atoms with van der Waals surface area (Å²) in [7, 11) is 1.66. The zero-order valence-electron chi connectivity index (χ0n) is 18.4. The molecule has 1 fully saturated rings. The second-order valence-corrected chi connectivity index (χ2v) is 6.83. The smallest absolute Gasteiger partial charge is 0.414 e. The topological polar surface area (TPSA) is 109 Å². The van der Waals surface area contributed by atoms with Gasteiger partial charge < -0.3 is 29.3 Å². The average Bonchev–Trinajstić information content (AvgIpc) is 2.77. The van der Waals surface area contributed by atoms with Crippen molar-refractivity contribution in [1.82, 2.24) is 9.80 Å². The van der Waals surface area contributed by atoms with Gasteiger partial charge in [-0.05, 0) is 30.7 Å². The third-order valence-electron chi connectivity index (χ3n) is 4.74. The standard InChI is InChI=1S/C20H32N2O3.C2H2O4/c1-4-6-18-7-8-19(20(17-18)23-3)25-16-15-24-14-13-22-11-9-21(5-2)10-12-22;3-1(4)2(5)6/h4,7-8,17H,1,5-6,9-16H2,2-3H3;(H,3,4)(H,5,6). The molecule has 1 aliphatic rings. The van der Waals surface area contributed by atoms with Gasteiger partial charge in [0.25, 0.3) is 0 Å². The molecule has 0 atom stereocenters. The van der Waals surface area contributed by atoms with E-state index in [2.05, 4.69) is 23.3 Å². The molecule has 0 spiro atoms. The van der Waals surface area contributed by atoms with E-state index in [0.29, 0.717) is 13.2 Å². The number of hydrogen-bond acceptors (Lipinski definition) is 7. The van der Waals surface area contributed by atoms with E-state index in [0.717, 1.165) is 50.7 Å². The molecule has 1 aromatic carbocycles. The van der Waals surface area contributed by atoms with E-state index in [1.54, 1.807) is 7.11 Å². The van der Waals surface area contributed by atoms with Crippen LogP contribution < -0.4 is 9.47 Å². The Kier molecular flexibility index (Phi) is 13.0. The van der Waals surface area contributed by atoms with Crippen molar-refractivity contribution in [2.24, 2.45) is 0 Å². The quantitative estimate of drug-likeness (QED) is 0.303. The molecule has 1 aromatic rings. The van der Waals surface area contributed by atoms with Gasteiger partial charge >= 0.3 is 11.9 Å². The number of allylic oxidation sites excluding steroid dienone is 1. The summed E-state index contributed by atoms with van der Waals surface area (Å²) >= 11 is 0. The largest absolute Gasteiger partial charge is 0.493 e. The summed E-state index contributed by atoms with van der Waals surface area (Å²) in [5.41, 5.74) is 1.17. The fourth-order valence-corrected chi connectivity index (χ4v) is 2.96. The monoisotopic (exact) mass is 438 g/mol. The highest BCUT2D eigenvalue weighted by atomic mass is 16.5. The number of rotatable bonds is 11. The van der Waals surface area contributed by atoms with E-state index in [1.807, 2.05) is 24.3 Å². The molecule has 0 aromatic heterocycles. The van der Waals surface area contributed by atoms with E-state index in [4.69, 9.17) is 34.0 Å². The van der Waals surface area contributed by atoms with Gasteiger partial charge in [0.1, 0.15) is 6.61 Å². The van der Waals surface area contributed by atoms with E-state index in [9.17, 15) is 0 Å². The number of hydrogen-bond donors (Lipinski definition) is 2. The number of carboxylic acids is 2. The van der Waals surface area contributed by atoms with E-state index >= 15 is 0 Å². The zero-order valence-corrected chi connectivity index (χ0v) is 18.4. The molecule has 31 heavy (non-hydrogen) atoms. The van der Waals surface area contributed by atoms with Gasteiger partial charge in [0.15, 0.2) is 11.5 Å². The van der Waals surface area contributed by atoms with Crippen LogP contribution in [0.2, 0.25) is 0 Å². The molecule has 0 radical (unpaired) electrons. The Hall–Kier alpha value is -2.62. The second kappa shape index (κ2) is 15.2. The van der Waals surface area contributed by atoms with Crippen molar-refractivity contribution in [3.05, 3.63) is 36.4 Å². The van der Waals surface area contributed by atoms with Crippen LogP contribution in [0, 0.1) is 0 Å². The Morgan fingerprint density at radius 3 is 2.23 bits per heavy atom. The fraction of sp³-hybridized carbons (Fsp3) is 0.545. The number of benzene rings is 1. The maximum absolute atomic E-state index is 9.10. The second-order valence-electron chi connectivity index (χ2n) is 6.83. The highest BCUT2D eigenvalue weighted by molar-refractivity contribution is 6.27. The Morgan fingerprint density at radius 1 is 1.03 bits per heavy atom. The van der Waals surface area contributed by atoms with Crippen LogP contribution in [0.3, 0.4) is 0 Å². The number of carbonyl (C=O) groups is 2. The molecule has 0 amide bonds. The van der Waals surface area contributed by atoms with Crippen molar-refractivity contribution in [3.63, 3.8) is 0 Å². The van der Waals surface area contributed by atoms with Gasteiger partial charge in [0.2, 0.25) is 0 Å². The minimum atomic E-state index is -1.82. The normalized spacial score (nSPS) is 14.3. The van der Waals surface area contributed by atoms with Crippen molar-refractivity contribution in [3.8, 4) is 11.5 Å². The highest BCUT2D eigenvalue weighted by Crippen LogP contribution is 2.28. The maximum atomic E-state index is 9.10. The molecule has 1 heterocycles. The average molecular weight is 439 g/mol. The van der Waals surface area contributed by atoms with Gasteiger partial charge in [-0.2, -0.15) is 0 Å². The van der Waals surface area contributed by atoms with Crippen LogP contribution in [0.4, 0.5) is 0 Å². The Labute approximate surface area is 183 Å². The Balaban J connectivity index is 0.000000703. The summed E-state index contributed by atoms with van der Waals surface area (Å²) in [6.07, 6.45) is 2.71. The molecule has 9 nitrogen and oxygen atoms in total. The summed E-state index contributed by atoms with van der Waals surface area (Å²) < 4.78 is 16.9. The maximum Gasteiger partial charge on any atom is 0.414 e. The minimum Gasteiger partial charge on any atom is -0.493 e. The number of nitrogens with zero attached hydrogens (tertiary/aromatic N) is 2. The molecule has 0 unspecified atom stereocenters. The summed E-state index contributed by atoms with van der Waals surface area (Å²) in [6.45, 7) is 14.6. The summed E-state index contributed by atoms with van der Waals surface area (Å²) in [5, 5.41) is 14.8. The predicted molar refractivity (Wildman–Crippen MR) is 117 cm³/mol. The van der Waals surface area contributed by atoms with Crippen LogP contribution in [0.15, 0.2) is 30.9 Å². The fourth-order valence-electron chi connectivity index (χ4n) is 2.96. The van der Waals surface area contributed by atoms with Crippen molar-refractivity contribution in [2.45, 2.75) is 13.3 Å². The molecule has 2 rings (SSSR count). The van der Waals surface area contributed by atoms with Crippen molar-refractivity contribution < 1.29 is 34.0 Å². The van der Waals surface area contributed by atoms with Crippen LogP contribution in [0.25, 0.3) is 0 Å². The first-order valence-corrected chi connectivity index (χ1v) is 10.3. The first kappa shape index (κ1) is 26.4. The molecular formula is C22H34N2O7. The van der Waals surface area contributed by atoms with Crippen molar-refractivity contribution in [1.29, 1.82) is 0 Å². The lowest BCUT2D eigenvalue weighted by Gasteiger charge is -2.33. The molecule has 0 aliphatic carbocycles. The number of carboxylic acid groups (broad SMARTS) is 2. The number of ether oxygens (including phenoxy) is 3. The molecule has 9 heteroatoms. The van der Waals surface area contributed by atoms with Crippen molar-refractivity contribution in [2.75, 3.05) is 66.2 Å². The first-order valence-electron chi connectivity index (χ1n) is 10.3. The molecule has 2 N–H and O–H groups in total. The lowest BCUT2D eigenvalue weighted by molar-refractivity contribution is -0.159. The highest BCUT2D eigenvalue weighted by Gasteiger charge is 2.14. The molecular weight excluding hydrogens is 404 g/mol. The lowest BCUT2D eigenvalue weighted by Crippen LogP contribution is -2.47. The summed E-state index contributed by atoms with van der Waals surface area (Å²) in [4.78, 5) is 23.2. The minimum absolute atomic E-state index is 0.529. The Bertz CT molecular complexity index is 676. The number of methoxy groups -OCH3 is 1. The SMILES string of the molecule is C=CCc1ccc(OCCOCCN2CCN(CC)CC2)c(OC)c1.O=C(O)C(=O)O. The Morgan fingerprint density at radius 2 is 1.68 bits per heavy atom. The van der Waals surface area contributed by atoms with E-state index in [1.165, 1.54) is 18.7 Å². The van der Waals surface area contributed by atoms with Crippen LogP contribution in [-0.4, -0.2) is 98.2 Å². The van der Waals surface area contributed by atoms with Crippen LogP contribution in [0.5, 0.6) is 11.5 Å². The van der Waals surface area contributed by atoms with Gasteiger partial charge in [0.05, 0.1) is 20.3 Å². The van der Waals surface area contributed by atoms with Gasteiger partial charge in [-0.15, -0.1) is 6.58 Å². The number of aliphatic carboxylic acids is 2. The molecule has 174 valence electrons. The van der Waals surface area contributed by atoms with Gasteiger partial charge in [-0.3, -0.25) is 4.90 Å². The zero-order chi connectivity index (χ0) is 23.1. The van der Waals surface area contributed by atoms with Crippen LogP contribution >= 0.6 is 0 Å². The van der Waals surface area contributed by atoms with Gasteiger partial charge in [-0.25, -0.2) is 9.59 Å². The molecule has 0 saturated carbocycles.